The van der Waals surface area contributed by atoms with Gasteiger partial charge in [0.1, 0.15) is 17.5 Å². The van der Waals surface area contributed by atoms with Crippen molar-refractivity contribution < 1.29 is 26.7 Å². The number of aromatic nitrogens is 3. The molecular formula is C22H24F3N5O3S. The summed E-state index contributed by atoms with van der Waals surface area (Å²) in [5.74, 6) is -0.416. The van der Waals surface area contributed by atoms with Crippen LogP contribution in [-0.2, 0) is 10.0 Å². The van der Waals surface area contributed by atoms with Gasteiger partial charge in [-0.3, -0.25) is 0 Å². The third-order valence-corrected chi connectivity index (χ3v) is 7.61. The summed E-state index contributed by atoms with van der Waals surface area (Å²) in [6.07, 6.45) is -1.49. The van der Waals surface area contributed by atoms with Crippen LogP contribution in [0.1, 0.15) is 49.2 Å². The highest BCUT2D eigenvalue weighted by Gasteiger charge is 2.30. The van der Waals surface area contributed by atoms with Crippen molar-refractivity contribution in [3.8, 4) is 0 Å². The molecule has 1 aliphatic rings. The van der Waals surface area contributed by atoms with E-state index in [-0.39, 0.29) is 29.5 Å². The lowest BCUT2D eigenvalue weighted by Gasteiger charge is -2.28. The minimum absolute atomic E-state index is 0.0241. The predicted molar refractivity (Wildman–Crippen MR) is 119 cm³/mol. The number of alkyl halides is 2. The molecule has 1 atom stereocenters. The van der Waals surface area contributed by atoms with Crippen molar-refractivity contribution in [2.24, 2.45) is 0 Å². The van der Waals surface area contributed by atoms with E-state index in [1.54, 1.807) is 13.8 Å². The number of nitrogens with zero attached hydrogens (tertiary/aromatic N) is 4. The number of aliphatic hydroxyl groups excluding tert-OH is 1. The maximum Gasteiger partial charge on any atom is 0.266 e. The first-order chi connectivity index (χ1) is 16.1. The number of aryl methyl sites for hydroxylation is 1. The largest absolute Gasteiger partial charge is 0.393 e. The Hall–Kier alpha value is -2.83. The van der Waals surface area contributed by atoms with Crippen LogP contribution in [0.25, 0.3) is 10.9 Å². The molecular weight excluding hydrogens is 471 g/mol. The molecule has 34 heavy (non-hydrogen) atoms. The van der Waals surface area contributed by atoms with E-state index in [1.165, 1.54) is 28.7 Å². The van der Waals surface area contributed by atoms with Crippen molar-refractivity contribution in [3.05, 3.63) is 53.2 Å². The molecule has 4 rings (SSSR count). The average Bonchev–Trinajstić information content (AvgIpc) is 2.78. The minimum atomic E-state index is -3.92. The Kier molecular flexibility index (Phi) is 6.74. The number of anilines is 1. The quantitative estimate of drug-likeness (QED) is 0.537. The van der Waals surface area contributed by atoms with E-state index in [0.717, 1.165) is 6.07 Å². The zero-order chi connectivity index (χ0) is 24.6. The zero-order valence-corrected chi connectivity index (χ0v) is 19.4. The van der Waals surface area contributed by atoms with Crippen LogP contribution in [-0.4, -0.2) is 52.0 Å². The minimum Gasteiger partial charge on any atom is -0.393 e. The van der Waals surface area contributed by atoms with Gasteiger partial charge in [-0.15, -0.1) is 0 Å². The fraction of sp³-hybridized carbons (Fsp3) is 0.409. The first-order valence-electron chi connectivity index (χ1n) is 10.7. The molecule has 0 amide bonds. The zero-order valence-electron chi connectivity index (χ0n) is 18.5. The number of piperidine rings is 1. The van der Waals surface area contributed by atoms with E-state index < -0.39 is 40.0 Å². The topological polar surface area (TPSA) is 108 Å². The van der Waals surface area contributed by atoms with Crippen molar-refractivity contribution in [3.63, 3.8) is 0 Å². The molecule has 12 heteroatoms. The van der Waals surface area contributed by atoms with Gasteiger partial charge in [0.25, 0.3) is 16.4 Å². The maximum atomic E-state index is 14.7. The van der Waals surface area contributed by atoms with Crippen LogP contribution in [0.15, 0.2) is 35.5 Å². The van der Waals surface area contributed by atoms with Gasteiger partial charge in [0.2, 0.25) is 0 Å². The van der Waals surface area contributed by atoms with Gasteiger partial charge in [0.15, 0.2) is 5.03 Å². The van der Waals surface area contributed by atoms with Gasteiger partial charge in [0, 0.05) is 24.0 Å². The number of rotatable bonds is 6. The Bertz CT molecular complexity index is 1310. The van der Waals surface area contributed by atoms with E-state index in [1.807, 2.05) is 0 Å². The van der Waals surface area contributed by atoms with E-state index in [2.05, 4.69) is 20.3 Å². The predicted octanol–water partition coefficient (Wildman–Crippen LogP) is 3.73. The molecule has 1 saturated heterocycles. The first kappa shape index (κ1) is 24.3. The van der Waals surface area contributed by atoms with Crippen LogP contribution in [0.5, 0.6) is 0 Å². The molecule has 3 aromatic rings. The number of nitrogens with one attached hydrogen (secondary N) is 1. The van der Waals surface area contributed by atoms with Crippen LogP contribution in [0.2, 0.25) is 0 Å². The number of pyridine rings is 1. The monoisotopic (exact) mass is 495 g/mol. The summed E-state index contributed by atoms with van der Waals surface area (Å²) in [5.41, 5.74) is -0.299. The van der Waals surface area contributed by atoms with Crippen molar-refractivity contribution in [1.29, 1.82) is 0 Å². The average molecular weight is 496 g/mol. The van der Waals surface area contributed by atoms with Gasteiger partial charge < -0.3 is 10.4 Å². The van der Waals surface area contributed by atoms with Gasteiger partial charge in [0.05, 0.1) is 29.4 Å². The summed E-state index contributed by atoms with van der Waals surface area (Å²) in [5, 5.41) is 12.8. The molecule has 0 spiro atoms. The molecule has 1 fully saturated rings. The number of hydrogen-bond acceptors (Lipinski definition) is 7. The fourth-order valence-corrected chi connectivity index (χ4v) is 5.36. The highest BCUT2D eigenvalue weighted by Crippen LogP contribution is 2.31. The summed E-state index contributed by atoms with van der Waals surface area (Å²) in [4.78, 5) is 12.7. The molecule has 2 N–H and O–H groups in total. The molecule has 0 bridgehead atoms. The molecule has 1 aromatic carbocycles. The molecule has 0 unspecified atom stereocenters. The van der Waals surface area contributed by atoms with E-state index in [9.17, 15) is 26.7 Å². The molecule has 1 aliphatic heterocycles. The lowest BCUT2D eigenvalue weighted by Crippen LogP contribution is -2.40. The third-order valence-electron chi connectivity index (χ3n) is 5.81. The van der Waals surface area contributed by atoms with Crippen LogP contribution >= 0.6 is 0 Å². The second-order valence-electron chi connectivity index (χ2n) is 8.21. The normalized spacial score (nSPS) is 16.8. The number of benzene rings is 1. The van der Waals surface area contributed by atoms with Crippen molar-refractivity contribution in [2.45, 2.75) is 50.3 Å². The highest BCUT2D eigenvalue weighted by molar-refractivity contribution is 7.89. The maximum absolute atomic E-state index is 14.7. The van der Waals surface area contributed by atoms with Gasteiger partial charge in [-0.2, -0.15) is 4.31 Å². The second kappa shape index (κ2) is 9.43. The number of halogens is 3. The third kappa shape index (κ3) is 4.70. The van der Waals surface area contributed by atoms with Crippen molar-refractivity contribution in [1.82, 2.24) is 19.3 Å². The van der Waals surface area contributed by atoms with E-state index in [0.29, 0.717) is 29.6 Å². The van der Waals surface area contributed by atoms with Crippen molar-refractivity contribution in [2.75, 3.05) is 18.4 Å². The highest BCUT2D eigenvalue weighted by atomic mass is 32.2. The lowest BCUT2D eigenvalue weighted by atomic mass is 10.0. The second-order valence-corrected chi connectivity index (χ2v) is 10.1. The molecule has 0 saturated carbocycles. The summed E-state index contributed by atoms with van der Waals surface area (Å²) in [7, 11) is -3.92. The molecule has 0 radical (unpaired) electrons. The number of hydrogen-bond donors (Lipinski definition) is 2. The molecule has 8 nitrogen and oxygen atoms in total. The number of sulfonamides is 1. The van der Waals surface area contributed by atoms with E-state index in [4.69, 9.17) is 0 Å². The number of aliphatic hydroxyl groups is 1. The Morgan fingerprint density at radius 2 is 1.85 bits per heavy atom. The van der Waals surface area contributed by atoms with Crippen LogP contribution in [0.4, 0.5) is 19.0 Å². The lowest BCUT2D eigenvalue weighted by molar-refractivity contribution is 0.113. The molecule has 0 aliphatic carbocycles. The summed E-state index contributed by atoms with van der Waals surface area (Å²) >= 11 is 0. The Balaban J connectivity index is 1.71. The summed E-state index contributed by atoms with van der Waals surface area (Å²) in [6.45, 7) is 3.58. The Labute approximate surface area is 194 Å². The molecule has 3 heterocycles. The fourth-order valence-electron chi connectivity index (χ4n) is 3.95. The van der Waals surface area contributed by atoms with Gasteiger partial charge in [-0.05, 0) is 32.8 Å². The van der Waals surface area contributed by atoms with Crippen LogP contribution in [0, 0.1) is 12.7 Å². The van der Waals surface area contributed by atoms with Crippen LogP contribution < -0.4 is 5.32 Å². The van der Waals surface area contributed by atoms with E-state index >= 15 is 0 Å². The molecule has 182 valence electrons. The smallest absolute Gasteiger partial charge is 0.266 e. The van der Waals surface area contributed by atoms with Crippen molar-refractivity contribution >= 4 is 26.7 Å². The Morgan fingerprint density at radius 3 is 2.53 bits per heavy atom. The SMILES string of the molecule is Cc1nc(N[C@H](C)c2cccc(C(F)F)c2F)c2cc(S(=O)(=O)N3CCC(O)CC3)ncc2n1. The van der Waals surface area contributed by atoms with Gasteiger partial charge in [-0.25, -0.2) is 36.5 Å². The van der Waals surface area contributed by atoms with Crippen LogP contribution in [0.3, 0.4) is 0 Å². The standard InChI is InChI=1S/C22H24F3N5O3S/c1-12(15-4-3-5-16(20(15)23)21(24)25)27-22-17-10-19(26-11-18(17)28-13(2)29-22)34(32,33)30-8-6-14(31)7-9-30/h3-5,10-12,14,21,31H,6-9H2,1-2H3,(H,27,28,29)/t12-/m1/s1. The summed E-state index contributed by atoms with van der Waals surface area (Å²) in [6, 6.07) is 4.37. The molecule has 2 aromatic heterocycles. The first-order valence-corrected chi connectivity index (χ1v) is 12.2. The Morgan fingerprint density at radius 1 is 1.18 bits per heavy atom. The van der Waals surface area contributed by atoms with Gasteiger partial charge >= 0.3 is 0 Å². The summed E-state index contributed by atoms with van der Waals surface area (Å²) < 4.78 is 68.4. The van der Waals surface area contributed by atoms with Gasteiger partial charge in [-0.1, -0.05) is 18.2 Å². The number of fused-ring (bicyclic) bond motifs is 1.